The zero-order valence-electron chi connectivity index (χ0n) is 9.28. The van der Waals surface area contributed by atoms with Gasteiger partial charge in [0.05, 0.1) is 17.6 Å². The van der Waals surface area contributed by atoms with Crippen LogP contribution in [0.4, 0.5) is 5.69 Å². The summed E-state index contributed by atoms with van der Waals surface area (Å²) < 4.78 is 4.89. The Morgan fingerprint density at radius 3 is 2.72 bits per heavy atom. The second-order valence-corrected chi connectivity index (χ2v) is 3.12. The Bertz CT molecular complexity index is 572. The summed E-state index contributed by atoms with van der Waals surface area (Å²) in [5.74, 6) is -1.12. The van der Waals surface area contributed by atoms with E-state index >= 15 is 0 Å². The van der Waals surface area contributed by atoms with Crippen LogP contribution in [0.2, 0.25) is 0 Å². The number of aliphatic carboxylic acids is 1. The van der Waals surface area contributed by atoms with Gasteiger partial charge in [0.25, 0.3) is 5.69 Å². The molecule has 0 aliphatic rings. The van der Waals surface area contributed by atoms with E-state index < -0.39 is 10.9 Å². The molecule has 1 rings (SSSR count). The van der Waals surface area contributed by atoms with E-state index in [-0.39, 0.29) is 22.6 Å². The molecule has 0 amide bonds. The van der Waals surface area contributed by atoms with Crippen LogP contribution in [-0.4, -0.2) is 23.1 Å². The first-order valence-corrected chi connectivity index (χ1v) is 4.67. The van der Waals surface area contributed by atoms with Crippen LogP contribution in [0.3, 0.4) is 0 Å². The predicted molar refractivity (Wildman–Crippen MR) is 61.0 cm³/mol. The molecule has 0 fully saturated rings. The van der Waals surface area contributed by atoms with E-state index in [1.165, 1.54) is 13.2 Å². The first kappa shape index (κ1) is 13.2. The smallest absolute Gasteiger partial charge is 0.328 e. The SMILES string of the molecule is COc1ccc([N+](=O)[O-])c(/C=C/C(=O)O)c1C#N. The van der Waals surface area contributed by atoms with E-state index in [0.29, 0.717) is 0 Å². The maximum atomic E-state index is 10.8. The number of nitro groups is 1. The molecule has 7 heteroatoms. The zero-order valence-corrected chi connectivity index (χ0v) is 9.28. The monoisotopic (exact) mass is 248 g/mol. The molecule has 92 valence electrons. The van der Waals surface area contributed by atoms with Gasteiger partial charge in [0.15, 0.2) is 0 Å². The van der Waals surface area contributed by atoms with Gasteiger partial charge in [-0.3, -0.25) is 10.1 Å². The van der Waals surface area contributed by atoms with Crippen molar-refractivity contribution in [2.75, 3.05) is 7.11 Å². The van der Waals surface area contributed by atoms with Crippen LogP contribution < -0.4 is 4.74 Å². The van der Waals surface area contributed by atoms with Crippen molar-refractivity contribution in [3.63, 3.8) is 0 Å². The van der Waals surface area contributed by atoms with Crippen molar-refractivity contribution < 1.29 is 19.6 Å². The van der Waals surface area contributed by atoms with Crippen molar-refractivity contribution in [2.45, 2.75) is 0 Å². The molecule has 18 heavy (non-hydrogen) atoms. The third-order valence-corrected chi connectivity index (χ3v) is 2.11. The number of carboxylic acid groups (broad SMARTS) is 1. The molecule has 0 unspecified atom stereocenters. The number of nitro benzene ring substituents is 1. The highest BCUT2D eigenvalue weighted by molar-refractivity contribution is 5.87. The van der Waals surface area contributed by atoms with Crippen LogP contribution in [-0.2, 0) is 4.79 Å². The van der Waals surface area contributed by atoms with Crippen molar-refractivity contribution in [2.24, 2.45) is 0 Å². The van der Waals surface area contributed by atoms with Crippen LogP contribution in [0.25, 0.3) is 6.08 Å². The van der Waals surface area contributed by atoms with E-state index in [9.17, 15) is 14.9 Å². The number of nitrogens with zero attached hydrogens (tertiary/aromatic N) is 2. The van der Waals surface area contributed by atoms with Crippen LogP contribution in [0.5, 0.6) is 5.75 Å². The Balaban J connectivity index is 3.54. The molecule has 1 N–H and O–H groups in total. The van der Waals surface area contributed by atoms with E-state index in [1.54, 1.807) is 6.07 Å². The topological polar surface area (TPSA) is 113 Å². The van der Waals surface area contributed by atoms with Gasteiger partial charge in [-0.05, 0) is 12.1 Å². The number of nitriles is 1. The van der Waals surface area contributed by atoms with Crippen LogP contribution in [0.15, 0.2) is 18.2 Å². The fourth-order valence-corrected chi connectivity index (χ4v) is 1.36. The molecule has 0 bridgehead atoms. The molecule has 7 nitrogen and oxygen atoms in total. The maximum absolute atomic E-state index is 10.8. The third kappa shape index (κ3) is 2.62. The highest BCUT2D eigenvalue weighted by Crippen LogP contribution is 2.30. The Morgan fingerprint density at radius 2 is 2.28 bits per heavy atom. The Hall–Kier alpha value is -2.88. The van der Waals surface area contributed by atoms with Gasteiger partial charge in [0, 0.05) is 12.1 Å². The highest BCUT2D eigenvalue weighted by Gasteiger charge is 2.19. The Kier molecular flexibility index (Phi) is 3.99. The first-order valence-electron chi connectivity index (χ1n) is 4.67. The summed E-state index contributed by atoms with van der Waals surface area (Å²) >= 11 is 0. The summed E-state index contributed by atoms with van der Waals surface area (Å²) in [6.45, 7) is 0. The summed E-state index contributed by atoms with van der Waals surface area (Å²) in [6, 6.07) is 4.20. The largest absolute Gasteiger partial charge is 0.495 e. The average molecular weight is 248 g/mol. The number of rotatable bonds is 4. The normalized spacial score (nSPS) is 10.0. The van der Waals surface area contributed by atoms with Crippen molar-refractivity contribution in [1.29, 1.82) is 5.26 Å². The van der Waals surface area contributed by atoms with Crippen molar-refractivity contribution in [1.82, 2.24) is 0 Å². The predicted octanol–water partition coefficient (Wildman–Crippen LogP) is 1.57. The average Bonchev–Trinajstić information content (AvgIpc) is 2.34. The lowest BCUT2D eigenvalue weighted by Crippen LogP contribution is -1.98. The first-order chi connectivity index (χ1) is 8.51. The number of benzene rings is 1. The molecular formula is C11H8N2O5. The quantitative estimate of drug-likeness (QED) is 0.491. The van der Waals surface area contributed by atoms with Gasteiger partial charge in [-0.25, -0.2) is 4.79 Å². The van der Waals surface area contributed by atoms with Gasteiger partial charge in [-0.15, -0.1) is 0 Å². The number of carboxylic acids is 1. The standard InChI is InChI=1S/C11H8N2O5/c1-18-10-4-3-9(13(16)17)7(8(10)6-12)2-5-11(14)15/h2-5H,1H3,(H,14,15)/b5-2+. The van der Waals surface area contributed by atoms with Gasteiger partial charge in [0.2, 0.25) is 0 Å². The summed E-state index contributed by atoms with van der Waals surface area (Å²) in [5.41, 5.74) is -0.529. The van der Waals surface area contributed by atoms with Crippen molar-refractivity contribution in [3.05, 3.63) is 39.4 Å². The molecule has 0 radical (unpaired) electrons. The molecule has 0 saturated heterocycles. The van der Waals surface area contributed by atoms with Gasteiger partial charge < -0.3 is 9.84 Å². The number of methoxy groups -OCH3 is 1. The second-order valence-electron chi connectivity index (χ2n) is 3.12. The van der Waals surface area contributed by atoms with E-state index in [4.69, 9.17) is 15.1 Å². The lowest BCUT2D eigenvalue weighted by atomic mass is 10.0. The molecule has 1 aromatic rings. The molecular weight excluding hydrogens is 240 g/mol. The number of ether oxygens (including phenoxy) is 1. The highest BCUT2D eigenvalue weighted by atomic mass is 16.6. The minimum absolute atomic E-state index is 0.0794. The van der Waals surface area contributed by atoms with Crippen LogP contribution >= 0.6 is 0 Å². The summed E-state index contributed by atoms with van der Waals surface area (Å²) in [6.07, 6.45) is 1.73. The second kappa shape index (κ2) is 5.45. The molecule has 0 spiro atoms. The minimum atomic E-state index is -1.27. The maximum Gasteiger partial charge on any atom is 0.328 e. The van der Waals surface area contributed by atoms with Crippen LogP contribution in [0, 0.1) is 21.4 Å². The summed E-state index contributed by atoms with van der Waals surface area (Å²) in [5, 5.41) is 28.3. The van der Waals surface area contributed by atoms with Gasteiger partial charge >= 0.3 is 5.97 Å². The van der Waals surface area contributed by atoms with Crippen LogP contribution in [0.1, 0.15) is 11.1 Å². The Labute approximate surface area is 102 Å². The van der Waals surface area contributed by atoms with Gasteiger partial charge in [-0.2, -0.15) is 5.26 Å². The molecule has 0 saturated carbocycles. The molecule has 0 aromatic heterocycles. The molecule has 0 atom stereocenters. The van der Waals surface area contributed by atoms with E-state index in [2.05, 4.69) is 0 Å². The summed E-state index contributed by atoms with van der Waals surface area (Å²) in [4.78, 5) is 20.6. The molecule has 0 aliphatic carbocycles. The van der Waals surface area contributed by atoms with Crippen molar-refractivity contribution >= 4 is 17.7 Å². The zero-order chi connectivity index (χ0) is 13.7. The Morgan fingerprint density at radius 1 is 1.61 bits per heavy atom. The third-order valence-electron chi connectivity index (χ3n) is 2.11. The molecule has 0 aliphatic heterocycles. The fourth-order valence-electron chi connectivity index (χ4n) is 1.36. The van der Waals surface area contributed by atoms with E-state index in [0.717, 1.165) is 18.2 Å². The molecule has 0 heterocycles. The van der Waals surface area contributed by atoms with E-state index in [1.807, 2.05) is 0 Å². The fraction of sp³-hybridized carbons (Fsp3) is 0.0909. The lowest BCUT2D eigenvalue weighted by molar-refractivity contribution is -0.385. The summed E-state index contributed by atoms with van der Waals surface area (Å²) in [7, 11) is 1.31. The minimum Gasteiger partial charge on any atom is -0.495 e. The van der Waals surface area contributed by atoms with Crippen molar-refractivity contribution in [3.8, 4) is 11.8 Å². The van der Waals surface area contributed by atoms with Gasteiger partial charge in [0.1, 0.15) is 17.4 Å². The number of hydrogen-bond acceptors (Lipinski definition) is 5. The van der Waals surface area contributed by atoms with Gasteiger partial charge in [-0.1, -0.05) is 0 Å². The lowest BCUT2D eigenvalue weighted by Gasteiger charge is -2.05. The molecule has 1 aromatic carbocycles. The number of hydrogen-bond donors (Lipinski definition) is 1. The number of carbonyl (C=O) groups is 1.